The van der Waals surface area contributed by atoms with Gasteiger partial charge in [0.2, 0.25) is 5.90 Å². The van der Waals surface area contributed by atoms with Crippen molar-refractivity contribution in [2.24, 2.45) is 4.99 Å². The van der Waals surface area contributed by atoms with Crippen LogP contribution in [0.15, 0.2) is 47.1 Å². The highest BCUT2D eigenvalue weighted by Gasteiger charge is 2.27. The Morgan fingerprint density at radius 2 is 1.84 bits per heavy atom. The maximum absolute atomic E-state index is 12.0. The topological polar surface area (TPSA) is 81.8 Å². The third-order valence-corrected chi connectivity index (χ3v) is 4.16. The maximum atomic E-state index is 12.0. The lowest BCUT2D eigenvalue weighted by molar-refractivity contribution is -0.384. The zero-order chi connectivity index (χ0) is 18.1. The molecule has 0 spiro atoms. The molecule has 0 atom stereocenters. The molecule has 9 heteroatoms. The second-order valence-corrected chi connectivity index (χ2v) is 6.17. The third-order valence-electron chi connectivity index (χ3n) is 3.27. The molecule has 0 bridgehead atoms. The monoisotopic (exact) mass is 396 g/mol. The normalized spacial score (nSPS) is 15.2. The van der Waals surface area contributed by atoms with E-state index in [1.807, 2.05) is 0 Å². The van der Waals surface area contributed by atoms with Gasteiger partial charge in [0.15, 0.2) is 5.70 Å². The first-order valence-corrected chi connectivity index (χ1v) is 7.90. The molecule has 2 aromatic rings. The molecule has 0 aromatic heterocycles. The number of cyclic esters (lactones) is 1. The first-order valence-electron chi connectivity index (χ1n) is 6.77. The Kier molecular flexibility index (Phi) is 4.76. The number of rotatable bonds is 3. The van der Waals surface area contributed by atoms with Crippen LogP contribution in [0.3, 0.4) is 0 Å². The van der Waals surface area contributed by atoms with E-state index < -0.39 is 10.9 Å². The number of nitrogens with zero attached hydrogens (tertiary/aromatic N) is 2. The predicted molar refractivity (Wildman–Crippen MR) is 95.2 cm³/mol. The molecule has 0 amide bonds. The lowest BCUT2D eigenvalue weighted by atomic mass is 10.2. The van der Waals surface area contributed by atoms with Gasteiger partial charge in [-0.3, -0.25) is 10.1 Å². The molecule has 0 N–H and O–H groups in total. The number of hydrogen-bond acceptors (Lipinski definition) is 5. The van der Waals surface area contributed by atoms with Gasteiger partial charge in [-0.15, -0.1) is 0 Å². The highest BCUT2D eigenvalue weighted by molar-refractivity contribution is 6.36. The van der Waals surface area contributed by atoms with Gasteiger partial charge in [-0.1, -0.05) is 40.9 Å². The smallest absolute Gasteiger partial charge is 0.363 e. The SMILES string of the molecule is O=C1OC(c2cc([N+](=O)[O-])ccc2Cl)=N/C1=C/c1ccc(Cl)cc1Cl. The van der Waals surface area contributed by atoms with Gasteiger partial charge in [0.05, 0.1) is 15.5 Å². The van der Waals surface area contributed by atoms with E-state index in [0.717, 1.165) is 0 Å². The van der Waals surface area contributed by atoms with Gasteiger partial charge >= 0.3 is 5.97 Å². The van der Waals surface area contributed by atoms with Crippen molar-refractivity contribution in [3.63, 3.8) is 0 Å². The van der Waals surface area contributed by atoms with Crippen LogP contribution in [0.25, 0.3) is 6.08 Å². The minimum Gasteiger partial charge on any atom is -0.402 e. The number of benzene rings is 2. The molecular weight excluding hydrogens is 391 g/mol. The van der Waals surface area contributed by atoms with E-state index in [4.69, 9.17) is 39.5 Å². The largest absolute Gasteiger partial charge is 0.402 e. The number of carbonyl (C=O) groups excluding carboxylic acids is 1. The predicted octanol–water partition coefficient (Wildman–Crippen LogP) is 4.90. The van der Waals surface area contributed by atoms with Gasteiger partial charge in [0.1, 0.15) is 0 Å². The van der Waals surface area contributed by atoms with Gasteiger partial charge in [-0.2, -0.15) is 0 Å². The Morgan fingerprint density at radius 1 is 1.08 bits per heavy atom. The number of nitro benzene ring substituents is 1. The van der Waals surface area contributed by atoms with E-state index in [1.54, 1.807) is 12.1 Å². The molecule has 6 nitrogen and oxygen atoms in total. The number of carbonyl (C=O) groups is 1. The summed E-state index contributed by atoms with van der Waals surface area (Å²) >= 11 is 17.9. The van der Waals surface area contributed by atoms with E-state index in [2.05, 4.69) is 4.99 Å². The van der Waals surface area contributed by atoms with E-state index in [-0.39, 0.29) is 27.9 Å². The molecule has 0 unspecified atom stereocenters. The van der Waals surface area contributed by atoms with Crippen molar-refractivity contribution in [3.05, 3.63) is 78.4 Å². The van der Waals surface area contributed by atoms with Crippen molar-refractivity contribution in [2.75, 3.05) is 0 Å². The van der Waals surface area contributed by atoms with Gasteiger partial charge in [-0.25, -0.2) is 9.79 Å². The van der Waals surface area contributed by atoms with Gasteiger partial charge in [0.25, 0.3) is 5.69 Å². The number of non-ortho nitro benzene ring substituents is 1. The van der Waals surface area contributed by atoms with Crippen molar-refractivity contribution in [1.29, 1.82) is 0 Å². The second-order valence-electron chi connectivity index (χ2n) is 4.92. The number of halogens is 3. The third kappa shape index (κ3) is 3.66. The average Bonchev–Trinajstić information content (AvgIpc) is 2.91. The molecule has 1 heterocycles. The Hall–Kier alpha value is -2.41. The Labute approximate surface area is 156 Å². The summed E-state index contributed by atoms with van der Waals surface area (Å²) in [5, 5.41) is 11.9. The molecule has 3 rings (SSSR count). The summed E-state index contributed by atoms with van der Waals surface area (Å²) in [6.07, 6.45) is 1.43. The van der Waals surface area contributed by atoms with E-state index in [9.17, 15) is 14.9 Å². The van der Waals surface area contributed by atoms with Crippen LogP contribution in [-0.2, 0) is 9.53 Å². The zero-order valence-electron chi connectivity index (χ0n) is 12.2. The lowest BCUT2D eigenvalue weighted by Gasteiger charge is -2.02. The molecule has 0 fully saturated rings. The summed E-state index contributed by atoms with van der Waals surface area (Å²) in [7, 11) is 0. The van der Waals surface area contributed by atoms with Crippen LogP contribution < -0.4 is 0 Å². The van der Waals surface area contributed by atoms with Gasteiger partial charge in [-0.05, 0) is 29.8 Å². The highest BCUT2D eigenvalue weighted by atomic mass is 35.5. The number of nitro groups is 1. The summed E-state index contributed by atoms with van der Waals surface area (Å²) in [6.45, 7) is 0. The minimum atomic E-state index is -0.719. The van der Waals surface area contributed by atoms with Crippen LogP contribution in [0.1, 0.15) is 11.1 Å². The Morgan fingerprint density at radius 3 is 2.52 bits per heavy atom. The fraction of sp³-hybridized carbons (Fsp3) is 0. The van der Waals surface area contributed by atoms with Crippen LogP contribution in [0.5, 0.6) is 0 Å². The average molecular weight is 398 g/mol. The highest BCUT2D eigenvalue weighted by Crippen LogP contribution is 2.29. The molecule has 1 aliphatic rings. The molecule has 1 aliphatic heterocycles. The van der Waals surface area contributed by atoms with Crippen molar-refractivity contribution < 1.29 is 14.5 Å². The first-order chi connectivity index (χ1) is 11.8. The molecule has 2 aromatic carbocycles. The quantitative estimate of drug-likeness (QED) is 0.319. The lowest BCUT2D eigenvalue weighted by Crippen LogP contribution is -2.06. The van der Waals surface area contributed by atoms with Gasteiger partial charge in [0, 0.05) is 22.2 Å². The number of ether oxygens (including phenoxy) is 1. The summed E-state index contributed by atoms with van der Waals surface area (Å²) in [4.78, 5) is 26.4. The molecule has 0 saturated carbocycles. The zero-order valence-corrected chi connectivity index (χ0v) is 14.5. The molecular formula is C16H7Cl3N2O4. The molecule has 0 aliphatic carbocycles. The van der Waals surface area contributed by atoms with Crippen molar-refractivity contribution >= 4 is 58.4 Å². The van der Waals surface area contributed by atoms with Crippen molar-refractivity contribution in [3.8, 4) is 0 Å². The molecule has 25 heavy (non-hydrogen) atoms. The van der Waals surface area contributed by atoms with E-state index in [0.29, 0.717) is 15.6 Å². The molecule has 126 valence electrons. The summed E-state index contributed by atoms with van der Waals surface area (Å²) in [6, 6.07) is 8.53. The van der Waals surface area contributed by atoms with E-state index >= 15 is 0 Å². The van der Waals surface area contributed by atoms with Crippen LogP contribution in [0.2, 0.25) is 15.1 Å². The Bertz CT molecular complexity index is 970. The fourth-order valence-corrected chi connectivity index (χ4v) is 2.74. The molecule has 0 radical (unpaired) electrons. The maximum Gasteiger partial charge on any atom is 0.363 e. The number of esters is 1. The van der Waals surface area contributed by atoms with Crippen LogP contribution >= 0.6 is 34.8 Å². The summed E-state index contributed by atoms with van der Waals surface area (Å²) < 4.78 is 5.08. The first kappa shape index (κ1) is 17.4. The van der Waals surface area contributed by atoms with Crippen LogP contribution in [0.4, 0.5) is 5.69 Å². The fourth-order valence-electron chi connectivity index (χ4n) is 2.08. The second kappa shape index (κ2) is 6.84. The number of hydrogen-bond donors (Lipinski definition) is 0. The van der Waals surface area contributed by atoms with Crippen molar-refractivity contribution in [2.45, 2.75) is 0 Å². The Balaban J connectivity index is 2.02. The minimum absolute atomic E-state index is 0.0122. The number of aliphatic imine (C=N–C) groups is 1. The summed E-state index contributed by atoms with van der Waals surface area (Å²) in [5.41, 5.74) is 0.459. The molecule has 0 saturated heterocycles. The van der Waals surface area contributed by atoms with E-state index in [1.165, 1.54) is 30.3 Å². The van der Waals surface area contributed by atoms with Crippen molar-refractivity contribution in [1.82, 2.24) is 0 Å². The van der Waals surface area contributed by atoms with Crippen LogP contribution in [-0.4, -0.2) is 16.8 Å². The standard InChI is InChI=1S/C16H7Cl3N2O4/c17-9-2-1-8(13(19)6-9)5-14-16(22)25-15(20-14)11-7-10(21(23)24)3-4-12(11)18/h1-7H/b14-5+. The summed E-state index contributed by atoms with van der Waals surface area (Å²) in [5.74, 6) is -0.835. The van der Waals surface area contributed by atoms with Crippen LogP contribution in [0, 0.1) is 10.1 Å². The van der Waals surface area contributed by atoms with Gasteiger partial charge < -0.3 is 4.74 Å².